The minimum absolute atomic E-state index is 0.255. The molecule has 0 atom stereocenters. The van der Waals surface area contributed by atoms with Gasteiger partial charge in [0.1, 0.15) is 29.9 Å². The highest BCUT2D eigenvalue weighted by Gasteiger charge is 2.26. The van der Waals surface area contributed by atoms with Gasteiger partial charge in [0.15, 0.2) is 6.29 Å². The average molecular weight is 469 g/mol. The molecule has 2 amide bonds. The van der Waals surface area contributed by atoms with Crippen molar-refractivity contribution in [1.82, 2.24) is 10.3 Å². The number of nitrogens with one attached hydrogen (secondary N) is 1. The summed E-state index contributed by atoms with van der Waals surface area (Å²) in [6.45, 7) is 5.05. The van der Waals surface area contributed by atoms with Crippen LogP contribution < -0.4 is 10.2 Å². The maximum atomic E-state index is 13.1. The number of hydrogen-bond donors (Lipinski definition) is 1. The fourth-order valence-electron chi connectivity index (χ4n) is 3.44. The van der Waals surface area contributed by atoms with Crippen molar-refractivity contribution >= 4 is 18.1 Å². The molecule has 182 valence electrons. The number of carbonyl (C=O) groups is 2. The van der Waals surface area contributed by atoms with Gasteiger partial charge in [-0.05, 0) is 43.9 Å². The first-order chi connectivity index (χ1) is 16.5. The Balaban J connectivity index is 2.30. The number of aromatic nitrogens is 1. The predicted octanol–water partition coefficient (Wildman–Crippen LogP) is 3.81. The second-order valence-corrected chi connectivity index (χ2v) is 7.62. The molecule has 1 aliphatic heterocycles. The summed E-state index contributed by atoms with van der Waals surface area (Å²) in [6.07, 6.45) is 8.13. The lowest BCUT2D eigenvalue weighted by atomic mass is 10.0. The van der Waals surface area contributed by atoms with E-state index in [2.05, 4.69) is 16.4 Å². The van der Waals surface area contributed by atoms with Gasteiger partial charge >= 0.3 is 6.03 Å². The van der Waals surface area contributed by atoms with Crippen LogP contribution in [0.25, 0.3) is 0 Å². The molecule has 34 heavy (non-hydrogen) atoms. The molecule has 1 aromatic rings. The maximum Gasteiger partial charge on any atom is 0.327 e. The van der Waals surface area contributed by atoms with E-state index in [0.717, 1.165) is 24.8 Å². The molecule has 2 heterocycles. The zero-order valence-corrected chi connectivity index (χ0v) is 20.2. The van der Waals surface area contributed by atoms with Crippen LogP contribution in [-0.2, 0) is 27.2 Å². The lowest BCUT2D eigenvalue weighted by Gasteiger charge is -2.29. The van der Waals surface area contributed by atoms with E-state index >= 15 is 0 Å². The van der Waals surface area contributed by atoms with Crippen molar-refractivity contribution in [2.75, 3.05) is 38.9 Å². The van der Waals surface area contributed by atoms with E-state index in [4.69, 9.17) is 14.2 Å². The van der Waals surface area contributed by atoms with Crippen LogP contribution in [0.4, 0.5) is 10.6 Å². The molecule has 0 saturated carbocycles. The average Bonchev–Trinajstić information content (AvgIpc) is 2.83. The summed E-state index contributed by atoms with van der Waals surface area (Å²) < 4.78 is 15.9. The smallest absolute Gasteiger partial charge is 0.327 e. The number of anilines is 1. The molecule has 9 heteroatoms. The predicted molar refractivity (Wildman–Crippen MR) is 128 cm³/mol. The Bertz CT molecular complexity index is 1010. The van der Waals surface area contributed by atoms with E-state index in [1.807, 2.05) is 19.1 Å². The zero-order chi connectivity index (χ0) is 24.9. The topological polar surface area (TPSA) is 114 Å². The number of aryl methyl sites for hydroxylation is 1. The Hall–Kier alpha value is -3.48. The fourth-order valence-corrected chi connectivity index (χ4v) is 3.44. The van der Waals surface area contributed by atoms with Crippen LogP contribution in [0.15, 0.2) is 41.3 Å². The van der Waals surface area contributed by atoms with Gasteiger partial charge in [-0.15, -0.1) is 0 Å². The molecule has 9 nitrogen and oxygen atoms in total. The Morgan fingerprint density at radius 3 is 2.76 bits per heavy atom. The molecule has 0 radical (unpaired) electrons. The van der Waals surface area contributed by atoms with Gasteiger partial charge in [-0.2, -0.15) is 5.26 Å². The number of amides is 2. The van der Waals surface area contributed by atoms with E-state index in [9.17, 15) is 14.9 Å². The van der Waals surface area contributed by atoms with E-state index in [-0.39, 0.29) is 24.9 Å². The first-order valence-corrected chi connectivity index (χ1v) is 11.1. The number of nitrogens with zero attached hydrogens (tertiary/aromatic N) is 3. The number of carbonyl (C=O) groups excluding carboxylic acids is 2. The van der Waals surface area contributed by atoms with Gasteiger partial charge in [-0.25, -0.2) is 9.78 Å². The highest BCUT2D eigenvalue weighted by atomic mass is 16.5. The van der Waals surface area contributed by atoms with E-state index < -0.39 is 0 Å². The standard InChI is InChI=1S/C25H32N4O5/c1-5-6-8-20(15-26)23(34-12-11-32-3)13-18(2)27-25(31)29-10-7-9-19-14-21(17-33-4)22(16-30)28-24(19)29/h6,8,13-14,16H,5,7,9-12,17H2,1-4H3,(H,27,31)/b8-6+,18-13+,23-20-. The first kappa shape index (κ1) is 26.8. The number of fused-ring (bicyclic) bond motifs is 1. The van der Waals surface area contributed by atoms with Crippen LogP contribution in [0.5, 0.6) is 0 Å². The SMILES string of the molecule is CC/C=C/C(C#N)=C(\C=C(/C)NC(=O)N1CCCc2cc(COC)c(C=O)nc21)OCCOC. The summed E-state index contributed by atoms with van der Waals surface area (Å²) in [5.74, 6) is 0.806. The third-order valence-corrected chi connectivity index (χ3v) is 5.03. The number of methoxy groups -OCH3 is 2. The molecule has 0 unspecified atom stereocenters. The minimum Gasteiger partial charge on any atom is -0.490 e. The number of nitriles is 1. The molecule has 0 aromatic carbocycles. The third-order valence-electron chi connectivity index (χ3n) is 5.03. The molecular formula is C25H32N4O5. The Morgan fingerprint density at radius 1 is 1.32 bits per heavy atom. The van der Waals surface area contributed by atoms with Gasteiger partial charge in [-0.3, -0.25) is 9.69 Å². The van der Waals surface area contributed by atoms with Crippen LogP contribution in [0.2, 0.25) is 0 Å². The van der Waals surface area contributed by atoms with Crippen LogP contribution in [0.1, 0.15) is 48.3 Å². The summed E-state index contributed by atoms with van der Waals surface area (Å²) in [5, 5.41) is 12.4. The van der Waals surface area contributed by atoms with Gasteiger partial charge in [0.2, 0.25) is 0 Å². The van der Waals surface area contributed by atoms with E-state index in [1.165, 1.54) is 4.90 Å². The molecule has 2 rings (SSSR count). The summed E-state index contributed by atoms with van der Waals surface area (Å²) in [7, 11) is 3.12. The summed E-state index contributed by atoms with van der Waals surface area (Å²) in [4.78, 5) is 30.6. The van der Waals surface area contributed by atoms with Crippen LogP contribution in [0.3, 0.4) is 0 Å². The van der Waals surface area contributed by atoms with Crippen molar-refractivity contribution in [2.45, 2.75) is 39.7 Å². The fraction of sp³-hybridized carbons (Fsp3) is 0.440. The summed E-state index contributed by atoms with van der Waals surface area (Å²) in [6, 6.07) is 3.63. The summed E-state index contributed by atoms with van der Waals surface area (Å²) >= 11 is 0. The van der Waals surface area contributed by atoms with Gasteiger partial charge in [-0.1, -0.05) is 13.0 Å². The largest absolute Gasteiger partial charge is 0.490 e. The molecule has 1 N–H and O–H groups in total. The molecule has 1 aromatic heterocycles. The van der Waals surface area contributed by atoms with Gasteiger partial charge < -0.3 is 19.5 Å². The van der Waals surface area contributed by atoms with Crippen molar-refractivity contribution in [3.05, 3.63) is 58.1 Å². The Kier molecular flexibility index (Phi) is 11.0. The van der Waals surface area contributed by atoms with E-state index in [0.29, 0.717) is 47.8 Å². The molecular weight excluding hydrogens is 436 g/mol. The molecule has 0 fully saturated rings. The monoisotopic (exact) mass is 468 g/mol. The van der Waals surface area contributed by atoms with Crippen LogP contribution in [0, 0.1) is 11.3 Å². The number of rotatable bonds is 11. The first-order valence-electron chi connectivity index (χ1n) is 11.1. The van der Waals surface area contributed by atoms with Gasteiger partial charge in [0.25, 0.3) is 0 Å². The highest BCUT2D eigenvalue weighted by Crippen LogP contribution is 2.27. The number of ether oxygens (including phenoxy) is 3. The number of aldehydes is 1. The molecule has 0 spiro atoms. The van der Waals surface area contributed by atoms with Crippen molar-refractivity contribution in [1.29, 1.82) is 5.26 Å². The van der Waals surface area contributed by atoms with Crippen molar-refractivity contribution < 1.29 is 23.8 Å². The quantitative estimate of drug-likeness (QED) is 0.173. The number of allylic oxidation sites excluding steroid dienone is 5. The van der Waals surface area contributed by atoms with Crippen LogP contribution >= 0.6 is 0 Å². The number of hydrogen-bond acceptors (Lipinski definition) is 7. The molecule has 0 aliphatic carbocycles. The summed E-state index contributed by atoms with van der Waals surface area (Å²) in [5.41, 5.74) is 2.68. The lowest BCUT2D eigenvalue weighted by Crippen LogP contribution is -2.43. The zero-order valence-electron chi connectivity index (χ0n) is 20.2. The highest BCUT2D eigenvalue weighted by molar-refractivity contribution is 5.93. The molecule has 1 aliphatic rings. The van der Waals surface area contributed by atoms with Crippen LogP contribution in [-0.4, -0.2) is 51.3 Å². The van der Waals surface area contributed by atoms with Crippen molar-refractivity contribution in [3.63, 3.8) is 0 Å². The third kappa shape index (κ3) is 7.27. The normalized spacial score (nSPS) is 14.3. The Labute approximate surface area is 200 Å². The lowest BCUT2D eigenvalue weighted by molar-refractivity contribution is 0.111. The van der Waals surface area contributed by atoms with Gasteiger partial charge in [0.05, 0.1) is 18.8 Å². The number of pyridine rings is 1. The van der Waals surface area contributed by atoms with Gasteiger partial charge in [0, 0.05) is 38.1 Å². The number of urea groups is 1. The van der Waals surface area contributed by atoms with E-state index in [1.54, 1.807) is 33.3 Å². The maximum absolute atomic E-state index is 13.1. The molecule has 0 bridgehead atoms. The second kappa shape index (κ2) is 13.9. The van der Waals surface area contributed by atoms with Crippen molar-refractivity contribution in [2.24, 2.45) is 0 Å². The second-order valence-electron chi connectivity index (χ2n) is 7.62. The molecule has 0 saturated heterocycles. The minimum atomic E-state index is -0.377. The Morgan fingerprint density at radius 2 is 2.12 bits per heavy atom. The van der Waals surface area contributed by atoms with Crippen molar-refractivity contribution in [3.8, 4) is 6.07 Å².